The number of phosphoric acid groups is 1. The molecule has 266 valence electrons. The molecular weight excluding hydrogens is 589 g/mol. The summed E-state index contributed by atoms with van der Waals surface area (Å²) in [7, 11) is 1.34. The maximum atomic E-state index is 12.5. The van der Waals surface area contributed by atoms with Crippen LogP contribution in [0.3, 0.4) is 0 Å². The third-order valence-electron chi connectivity index (χ3n) is 7.46. The monoisotopic (exact) mass is 659 g/mol. The van der Waals surface area contributed by atoms with Crippen molar-refractivity contribution in [3.05, 3.63) is 24.3 Å². The second kappa shape index (κ2) is 30.3. The van der Waals surface area contributed by atoms with E-state index in [2.05, 4.69) is 38.2 Å². The van der Waals surface area contributed by atoms with Crippen molar-refractivity contribution in [3.8, 4) is 0 Å². The van der Waals surface area contributed by atoms with Gasteiger partial charge in [0.05, 0.1) is 34.4 Å². The molecule has 0 aliphatic heterocycles. The number of rotatable bonds is 33. The molecule has 0 saturated carbocycles. The molecule has 0 aliphatic rings. The number of ether oxygens (including phenoxy) is 2. The molecule has 0 amide bonds. The zero-order valence-electron chi connectivity index (χ0n) is 29.8. The van der Waals surface area contributed by atoms with Crippen molar-refractivity contribution in [1.82, 2.24) is 0 Å². The first kappa shape index (κ1) is 44.0. The van der Waals surface area contributed by atoms with Gasteiger partial charge in [-0.05, 0) is 57.8 Å². The predicted molar refractivity (Wildman–Crippen MR) is 185 cm³/mol. The van der Waals surface area contributed by atoms with Crippen LogP contribution in [0, 0.1) is 0 Å². The quantitative estimate of drug-likeness (QED) is 0.0228. The fraction of sp³-hybridized carbons (Fsp3) is 0.861. The number of nitrogens with zero attached hydrogens (tertiary/aromatic N) is 1. The summed E-state index contributed by atoms with van der Waals surface area (Å²) in [5.41, 5.74) is 0. The molecule has 0 saturated heterocycles. The highest BCUT2D eigenvalue weighted by Gasteiger charge is 2.20. The maximum absolute atomic E-state index is 12.5. The first-order valence-electron chi connectivity index (χ1n) is 18.1. The van der Waals surface area contributed by atoms with Gasteiger partial charge in [-0.1, -0.05) is 102 Å². The van der Waals surface area contributed by atoms with Crippen molar-refractivity contribution in [2.75, 3.05) is 54.1 Å². The van der Waals surface area contributed by atoms with Crippen LogP contribution in [0.5, 0.6) is 0 Å². The molecule has 2 unspecified atom stereocenters. The van der Waals surface area contributed by atoms with E-state index in [1.54, 1.807) is 0 Å². The highest BCUT2D eigenvalue weighted by Crippen LogP contribution is 2.38. The van der Waals surface area contributed by atoms with Gasteiger partial charge in [0.15, 0.2) is 0 Å². The molecule has 0 N–H and O–H groups in total. The minimum Gasteiger partial charge on any atom is -0.756 e. The van der Waals surface area contributed by atoms with E-state index in [9.17, 15) is 14.3 Å². The van der Waals surface area contributed by atoms with Crippen LogP contribution in [0.2, 0.25) is 0 Å². The van der Waals surface area contributed by atoms with Gasteiger partial charge in [0, 0.05) is 13.0 Å². The van der Waals surface area contributed by atoms with E-state index in [-0.39, 0.29) is 25.8 Å². The Kier molecular flexibility index (Phi) is 29.6. The molecule has 0 radical (unpaired) electrons. The number of allylic oxidation sites excluding steroid dienone is 4. The molecule has 9 heteroatoms. The zero-order chi connectivity index (χ0) is 33.5. The van der Waals surface area contributed by atoms with E-state index in [0.717, 1.165) is 51.4 Å². The Morgan fingerprint density at radius 3 is 1.78 bits per heavy atom. The van der Waals surface area contributed by atoms with Gasteiger partial charge in [0.2, 0.25) is 0 Å². The molecule has 45 heavy (non-hydrogen) atoms. The smallest absolute Gasteiger partial charge is 0.306 e. The molecule has 0 aromatic carbocycles. The average molecular weight is 660 g/mol. The Morgan fingerprint density at radius 1 is 0.667 bits per heavy atom. The van der Waals surface area contributed by atoms with Gasteiger partial charge in [0.1, 0.15) is 19.3 Å². The van der Waals surface area contributed by atoms with Gasteiger partial charge >= 0.3 is 5.97 Å². The summed E-state index contributed by atoms with van der Waals surface area (Å²) in [6.07, 6.45) is 30.4. The van der Waals surface area contributed by atoms with Gasteiger partial charge < -0.3 is 27.9 Å². The lowest BCUT2D eigenvalue weighted by Gasteiger charge is -2.28. The summed E-state index contributed by atoms with van der Waals surface area (Å²) in [6.45, 7) is 5.29. The summed E-state index contributed by atoms with van der Waals surface area (Å²) < 4.78 is 34.3. The number of likely N-dealkylation sites (N-methyl/N-ethyl adjacent to an activating group) is 1. The highest BCUT2D eigenvalue weighted by atomic mass is 31.2. The summed E-state index contributed by atoms with van der Waals surface area (Å²) in [5.74, 6) is -0.350. The Morgan fingerprint density at radius 2 is 1.20 bits per heavy atom. The van der Waals surface area contributed by atoms with Gasteiger partial charge in [-0.3, -0.25) is 9.36 Å². The van der Waals surface area contributed by atoms with Crippen molar-refractivity contribution < 1.29 is 37.3 Å². The van der Waals surface area contributed by atoms with Gasteiger partial charge in [-0.15, -0.1) is 0 Å². The van der Waals surface area contributed by atoms with Crippen molar-refractivity contribution in [3.63, 3.8) is 0 Å². The summed E-state index contributed by atoms with van der Waals surface area (Å²) >= 11 is 0. The molecule has 0 heterocycles. The Bertz CT molecular complexity index is 782. The molecule has 0 spiro atoms. The first-order chi connectivity index (χ1) is 21.6. The standard InChI is InChI=1S/C36H70NO7P/c1-6-8-10-12-14-16-18-19-20-22-24-26-28-31-41-33-35(34-43-45(39,40)42-32-30-37(3,4)5)44-36(38)29-27-25-23-21-17-15-13-11-9-7-2/h11,13-14,16,35H,6-10,12,15,17-34H2,1-5H3/b13-11-,16-14-. The molecule has 0 rings (SSSR count). The van der Waals surface area contributed by atoms with E-state index in [1.807, 2.05) is 21.1 Å². The lowest BCUT2D eigenvalue weighted by molar-refractivity contribution is -0.870. The Hall–Kier alpha value is -1.02. The Balaban J connectivity index is 4.34. The van der Waals surface area contributed by atoms with E-state index in [0.29, 0.717) is 24.1 Å². The third kappa shape index (κ3) is 34.1. The maximum Gasteiger partial charge on any atom is 0.306 e. The van der Waals surface area contributed by atoms with Crippen LogP contribution in [-0.2, 0) is 27.9 Å². The second-order valence-corrected chi connectivity index (χ2v) is 14.6. The lowest BCUT2D eigenvalue weighted by Crippen LogP contribution is -2.37. The number of hydrogen-bond acceptors (Lipinski definition) is 7. The van der Waals surface area contributed by atoms with Crippen molar-refractivity contribution in [2.24, 2.45) is 0 Å². The minimum absolute atomic E-state index is 0.0238. The lowest BCUT2D eigenvalue weighted by atomic mass is 10.1. The fourth-order valence-corrected chi connectivity index (χ4v) is 5.33. The van der Waals surface area contributed by atoms with E-state index in [4.69, 9.17) is 18.5 Å². The largest absolute Gasteiger partial charge is 0.756 e. The number of quaternary nitrogens is 1. The van der Waals surface area contributed by atoms with Gasteiger partial charge in [-0.2, -0.15) is 0 Å². The van der Waals surface area contributed by atoms with Crippen molar-refractivity contribution in [2.45, 2.75) is 148 Å². The van der Waals surface area contributed by atoms with Crippen molar-refractivity contribution >= 4 is 13.8 Å². The molecule has 0 aliphatic carbocycles. The first-order valence-corrected chi connectivity index (χ1v) is 19.5. The second-order valence-electron chi connectivity index (χ2n) is 13.2. The summed E-state index contributed by atoms with van der Waals surface area (Å²) in [4.78, 5) is 24.8. The number of hydrogen-bond donors (Lipinski definition) is 0. The van der Waals surface area contributed by atoms with Crippen LogP contribution in [0.1, 0.15) is 142 Å². The van der Waals surface area contributed by atoms with Gasteiger partial charge in [-0.25, -0.2) is 0 Å². The van der Waals surface area contributed by atoms with Crippen LogP contribution >= 0.6 is 7.82 Å². The molecular formula is C36H70NO7P. The molecule has 8 nitrogen and oxygen atoms in total. The fourth-order valence-electron chi connectivity index (χ4n) is 4.60. The number of carbonyl (C=O) groups excluding carboxylic acids is 1. The van der Waals surface area contributed by atoms with Crippen LogP contribution in [0.4, 0.5) is 0 Å². The predicted octanol–water partition coefficient (Wildman–Crippen LogP) is 9.08. The SMILES string of the molecule is CCC/C=C\CCCCCCCC(=O)OC(COCCCCCCCC/C=C\CCCCC)COP(=O)([O-])OCC[N+](C)(C)C. The number of phosphoric ester groups is 1. The van der Waals surface area contributed by atoms with Crippen molar-refractivity contribution in [1.29, 1.82) is 0 Å². The number of carbonyl (C=O) groups is 1. The average Bonchev–Trinajstić information content (AvgIpc) is 2.98. The highest BCUT2D eigenvalue weighted by molar-refractivity contribution is 7.45. The molecule has 0 aromatic heterocycles. The third-order valence-corrected chi connectivity index (χ3v) is 8.42. The normalized spacial score (nSPS) is 14.4. The van der Waals surface area contributed by atoms with Crippen LogP contribution in [0.25, 0.3) is 0 Å². The van der Waals surface area contributed by atoms with Crippen LogP contribution in [0.15, 0.2) is 24.3 Å². The topological polar surface area (TPSA) is 94.1 Å². The number of esters is 1. The Labute approximate surface area is 277 Å². The van der Waals surface area contributed by atoms with E-state index < -0.39 is 13.9 Å². The van der Waals surface area contributed by atoms with Crippen LogP contribution < -0.4 is 4.89 Å². The van der Waals surface area contributed by atoms with E-state index in [1.165, 1.54) is 70.6 Å². The van der Waals surface area contributed by atoms with Crippen LogP contribution in [-0.4, -0.2) is 70.7 Å². The minimum atomic E-state index is -4.51. The number of unbranched alkanes of at least 4 members (excludes halogenated alkanes) is 15. The molecule has 0 bridgehead atoms. The molecule has 0 aromatic rings. The summed E-state index contributed by atoms with van der Waals surface area (Å²) in [5, 5.41) is 0. The van der Waals surface area contributed by atoms with Gasteiger partial charge in [0.25, 0.3) is 7.82 Å². The molecule has 2 atom stereocenters. The van der Waals surface area contributed by atoms with E-state index >= 15 is 0 Å². The molecule has 0 fully saturated rings. The summed E-state index contributed by atoms with van der Waals surface area (Å²) in [6, 6.07) is 0. The zero-order valence-corrected chi connectivity index (χ0v) is 30.7.